The first-order valence-electron chi connectivity index (χ1n) is 3.80. The van der Waals surface area contributed by atoms with Crippen LogP contribution in [0.2, 0.25) is 0 Å². The molecular weight excluding hydrogens is 238 g/mol. The molecule has 0 amide bonds. The van der Waals surface area contributed by atoms with E-state index >= 15 is 0 Å². The molecule has 0 radical (unpaired) electrons. The lowest BCUT2D eigenvalue weighted by Gasteiger charge is -2.22. The molecule has 0 fully saturated rings. The maximum absolute atomic E-state index is 9.98. The molecule has 0 aliphatic carbocycles. The van der Waals surface area contributed by atoms with Gasteiger partial charge in [-0.2, -0.15) is 0 Å². The van der Waals surface area contributed by atoms with Crippen molar-refractivity contribution in [3.8, 4) is 0 Å². The molecule has 0 spiro atoms. The Kier molecular flexibility index (Phi) is 3.29. The maximum atomic E-state index is 9.98. The summed E-state index contributed by atoms with van der Waals surface area (Å²) in [5.74, 6) is 0. The summed E-state index contributed by atoms with van der Waals surface area (Å²) >= 11 is 4.88. The fourth-order valence-corrected chi connectivity index (χ4v) is 2.54. The third-order valence-corrected chi connectivity index (χ3v) is 3.77. The number of hydrogen-bond acceptors (Lipinski definition) is 3. The first kappa shape index (κ1) is 10.2. The van der Waals surface area contributed by atoms with Crippen molar-refractivity contribution in [2.45, 2.75) is 18.9 Å². The van der Waals surface area contributed by atoms with Crippen molar-refractivity contribution in [3.05, 3.63) is 20.8 Å². The molecule has 0 bridgehead atoms. The van der Waals surface area contributed by atoms with E-state index < -0.39 is 5.60 Å². The average Bonchev–Trinajstić information content (AvgIpc) is 2.51. The minimum Gasteiger partial charge on any atom is -0.383 e. The summed E-state index contributed by atoms with van der Waals surface area (Å²) < 4.78 is 1.03. The van der Waals surface area contributed by atoms with Crippen LogP contribution in [-0.4, -0.2) is 11.7 Å². The number of hydrogen-bond donors (Lipinski definition) is 2. The Bertz CT molecular complexity index is 257. The van der Waals surface area contributed by atoms with Gasteiger partial charge in [-0.15, -0.1) is 11.3 Å². The third kappa shape index (κ3) is 1.88. The first-order valence-corrected chi connectivity index (χ1v) is 5.41. The zero-order valence-electron chi connectivity index (χ0n) is 6.88. The summed E-state index contributed by atoms with van der Waals surface area (Å²) in [6, 6.07) is 3.83. The van der Waals surface area contributed by atoms with Crippen molar-refractivity contribution < 1.29 is 5.11 Å². The van der Waals surface area contributed by atoms with Gasteiger partial charge in [0.15, 0.2) is 0 Å². The molecule has 1 aromatic heterocycles. The molecule has 1 heterocycles. The van der Waals surface area contributed by atoms with Gasteiger partial charge in [0.2, 0.25) is 0 Å². The molecule has 1 unspecified atom stereocenters. The lowest BCUT2D eigenvalue weighted by atomic mass is 9.99. The quantitative estimate of drug-likeness (QED) is 0.862. The number of rotatable bonds is 3. The molecule has 0 saturated heterocycles. The normalized spacial score (nSPS) is 16.0. The van der Waals surface area contributed by atoms with Gasteiger partial charge >= 0.3 is 0 Å². The predicted octanol–water partition coefficient (Wildman–Crippen LogP) is 2.07. The molecular formula is C8H12BrNOS. The van der Waals surface area contributed by atoms with E-state index in [0.717, 1.165) is 8.66 Å². The van der Waals surface area contributed by atoms with E-state index in [1.165, 1.54) is 11.3 Å². The van der Waals surface area contributed by atoms with Crippen LogP contribution in [0.4, 0.5) is 0 Å². The molecule has 68 valence electrons. The second-order valence-electron chi connectivity index (χ2n) is 2.69. The van der Waals surface area contributed by atoms with E-state index in [0.29, 0.717) is 6.42 Å². The number of thiophene rings is 1. The van der Waals surface area contributed by atoms with Gasteiger partial charge in [0.05, 0.1) is 3.79 Å². The Morgan fingerprint density at radius 2 is 2.33 bits per heavy atom. The van der Waals surface area contributed by atoms with Crippen LogP contribution >= 0.6 is 27.3 Å². The highest BCUT2D eigenvalue weighted by atomic mass is 79.9. The number of aliphatic hydroxyl groups is 1. The lowest BCUT2D eigenvalue weighted by molar-refractivity contribution is 0.0456. The Labute approximate surface area is 84.5 Å². The van der Waals surface area contributed by atoms with Gasteiger partial charge in [-0.05, 0) is 34.5 Å². The minimum atomic E-state index is -0.837. The van der Waals surface area contributed by atoms with Crippen molar-refractivity contribution in [1.82, 2.24) is 0 Å². The van der Waals surface area contributed by atoms with Crippen molar-refractivity contribution in [2.24, 2.45) is 5.73 Å². The van der Waals surface area contributed by atoms with Crippen molar-refractivity contribution in [3.63, 3.8) is 0 Å². The SMILES string of the molecule is CCC(O)(CN)c1ccc(Br)s1. The fraction of sp³-hybridized carbons (Fsp3) is 0.500. The van der Waals surface area contributed by atoms with Gasteiger partial charge in [-0.1, -0.05) is 6.92 Å². The van der Waals surface area contributed by atoms with E-state index in [-0.39, 0.29) is 6.54 Å². The van der Waals surface area contributed by atoms with E-state index in [4.69, 9.17) is 5.73 Å². The zero-order valence-corrected chi connectivity index (χ0v) is 9.28. The molecule has 1 rings (SSSR count). The molecule has 0 aliphatic rings. The van der Waals surface area contributed by atoms with E-state index in [1.54, 1.807) is 0 Å². The number of nitrogens with two attached hydrogens (primary N) is 1. The van der Waals surface area contributed by atoms with Crippen molar-refractivity contribution in [2.75, 3.05) is 6.54 Å². The first-order chi connectivity index (χ1) is 5.62. The van der Waals surface area contributed by atoms with Crippen LogP contribution in [0, 0.1) is 0 Å². The second-order valence-corrected chi connectivity index (χ2v) is 5.16. The highest BCUT2D eigenvalue weighted by Crippen LogP contribution is 2.32. The van der Waals surface area contributed by atoms with Crippen LogP contribution in [0.1, 0.15) is 18.2 Å². The van der Waals surface area contributed by atoms with Gasteiger partial charge < -0.3 is 10.8 Å². The summed E-state index contributed by atoms with van der Waals surface area (Å²) in [5.41, 5.74) is 4.66. The van der Waals surface area contributed by atoms with Crippen LogP contribution in [0.25, 0.3) is 0 Å². The summed E-state index contributed by atoms with van der Waals surface area (Å²) in [4.78, 5) is 0.930. The smallest absolute Gasteiger partial charge is 0.111 e. The van der Waals surface area contributed by atoms with Gasteiger partial charge in [0.25, 0.3) is 0 Å². The van der Waals surface area contributed by atoms with Crippen LogP contribution in [0.3, 0.4) is 0 Å². The predicted molar refractivity (Wildman–Crippen MR) is 55.3 cm³/mol. The Balaban J connectivity index is 2.94. The third-order valence-electron chi connectivity index (χ3n) is 1.95. The van der Waals surface area contributed by atoms with E-state index in [9.17, 15) is 5.11 Å². The van der Waals surface area contributed by atoms with Crippen molar-refractivity contribution >= 4 is 27.3 Å². The van der Waals surface area contributed by atoms with Gasteiger partial charge in [0, 0.05) is 11.4 Å². The average molecular weight is 250 g/mol. The van der Waals surface area contributed by atoms with E-state index in [2.05, 4.69) is 15.9 Å². The van der Waals surface area contributed by atoms with Crippen LogP contribution in [-0.2, 0) is 5.60 Å². The lowest BCUT2D eigenvalue weighted by Crippen LogP contribution is -2.33. The maximum Gasteiger partial charge on any atom is 0.111 e. The molecule has 1 atom stereocenters. The van der Waals surface area contributed by atoms with Crippen LogP contribution < -0.4 is 5.73 Å². The number of halogens is 1. The molecule has 0 aliphatic heterocycles. The Hall–Kier alpha value is 0.1000. The highest BCUT2D eigenvalue weighted by Gasteiger charge is 2.26. The highest BCUT2D eigenvalue weighted by molar-refractivity contribution is 9.11. The Morgan fingerprint density at radius 1 is 1.67 bits per heavy atom. The largest absolute Gasteiger partial charge is 0.383 e. The van der Waals surface area contributed by atoms with Crippen LogP contribution in [0.15, 0.2) is 15.9 Å². The standard InChI is InChI=1S/C8H12BrNOS/c1-2-8(11,5-10)6-3-4-7(9)12-6/h3-4,11H,2,5,10H2,1H3. The molecule has 12 heavy (non-hydrogen) atoms. The molecule has 0 aromatic carbocycles. The summed E-state index contributed by atoms with van der Waals surface area (Å²) in [7, 11) is 0. The topological polar surface area (TPSA) is 46.2 Å². The van der Waals surface area contributed by atoms with Crippen LogP contribution in [0.5, 0.6) is 0 Å². The van der Waals surface area contributed by atoms with Gasteiger partial charge in [0.1, 0.15) is 5.60 Å². The summed E-state index contributed by atoms with van der Waals surface area (Å²) in [5, 5.41) is 9.98. The molecule has 0 saturated carbocycles. The van der Waals surface area contributed by atoms with Gasteiger partial charge in [-0.25, -0.2) is 0 Å². The molecule has 1 aromatic rings. The summed E-state index contributed by atoms with van der Waals surface area (Å²) in [6.07, 6.45) is 0.649. The molecule has 2 nitrogen and oxygen atoms in total. The fourth-order valence-electron chi connectivity index (χ4n) is 0.984. The summed E-state index contributed by atoms with van der Waals surface area (Å²) in [6.45, 7) is 2.21. The van der Waals surface area contributed by atoms with E-state index in [1.807, 2.05) is 19.1 Å². The molecule has 3 N–H and O–H groups in total. The minimum absolute atomic E-state index is 0.274. The zero-order chi connectivity index (χ0) is 9.19. The Morgan fingerprint density at radius 3 is 2.67 bits per heavy atom. The van der Waals surface area contributed by atoms with Crippen molar-refractivity contribution in [1.29, 1.82) is 0 Å². The van der Waals surface area contributed by atoms with Gasteiger partial charge in [-0.3, -0.25) is 0 Å². The molecule has 4 heteroatoms. The second kappa shape index (κ2) is 3.87. The monoisotopic (exact) mass is 249 g/mol.